The van der Waals surface area contributed by atoms with E-state index in [-0.39, 0.29) is 41.5 Å². The van der Waals surface area contributed by atoms with E-state index < -0.39 is 51.7 Å². The number of nitrogens with zero attached hydrogens (tertiary/aromatic N) is 2. The zero-order valence-electron chi connectivity index (χ0n) is 28.3. The number of hydrogen-bond donors (Lipinski definition) is 1. The summed E-state index contributed by atoms with van der Waals surface area (Å²) in [5.41, 5.74) is 1.57. The minimum absolute atomic E-state index is 0.0705. The van der Waals surface area contributed by atoms with Gasteiger partial charge in [-0.05, 0) is 59.0 Å². The number of imide groups is 1. The van der Waals surface area contributed by atoms with Gasteiger partial charge in [0.05, 0.1) is 27.9 Å². The number of aromatic hydroxyl groups is 1. The summed E-state index contributed by atoms with van der Waals surface area (Å²) in [7, 11) is 0. The molecule has 6 unspecified atom stereocenters. The van der Waals surface area contributed by atoms with E-state index in [0.29, 0.717) is 27.5 Å². The average Bonchev–Trinajstić information content (AvgIpc) is 3.45. The van der Waals surface area contributed by atoms with Gasteiger partial charge < -0.3 is 5.11 Å². The first kappa shape index (κ1) is 32.4. The zero-order chi connectivity index (χ0) is 36.6. The molecule has 0 bridgehead atoms. The molecule has 0 spiro atoms. The molecule has 1 N–H and O–H groups in total. The van der Waals surface area contributed by atoms with Gasteiger partial charge in [0.1, 0.15) is 5.75 Å². The SMILES string of the molecule is O=C1C(c2ccccc2)=CC(=O)C2(c3ccccc3)C1CC1C(=CCC3C(=O)N(c4cccc([N+](=O)[O-])c4)C(=O)C31)C2c1ccc(O)c2ccccc12. The first-order valence-corrected chi connectivity index (χ1v) is 17.7. The average molecular weight is 701 g/mol. The molecule has 2 amide bonds. The van der Waals surface area contributed by atoms with Crippen LogP contribution in [0.4, 0.5) is 11.4 Å². The molecule has 53 heavy (non-hydrogen) atoms. The van der Waals surface area contributed by atoms with Crippen molar-refractivity contribution < 1.29 is 29.2 Å². The molecule has 2 fully saturated rings. The van der Waals surface area contributed by atoms with Gasteiger partial charge in [-0.1, -0.05) is 109 Å². The summed E-state index contributed by atoms with van der Waals surface area (Å²) in [5, 5.41) is 23.9. The Hall–Kier alpha value is -6.48. The van der Waals surface area contributed by atoms with E-state index in [0.717, 1.165) is 16.0 Å². The summed E-state index contributed by atoms with van der Waals surface area (Å²) in [6.45, 7) is 0. The fourth-order valence-corrected chi connectivity index (χ4v) is 9.78. The van der Waals surface area contributed by atoms with E-state index >= 15 is 9.59 Å². The van der Waals surface area contributed by atoms with Gasteiger partial charge in [-0.2, -0.15) is 0 Å². The second-order valence-corrected chi connectivity index (χ2v) is 14.3. The van der Waals surface area contributed by atoms with Gasteiger partial charge in [-0.15, -0.1) is 0 Å². The first-order valence-electron chi connectivity index (χ1n) is 17.7. The number of carbonyl (C=O) groups is 4. The highest BCUT2D eigenvalue weighted by Crippen LogP contribution is 2.64. The summed E-state index contributed by atoms with van der Waals surface area (Å²) in [4.78, 5) is 71.4. The number of fused-ring (bicyclic) bond motifs is 5. The van der Waals surface area contributed by atoms with Crippen LogP contribution in [0.1, 0.15) is 35.4 Å². The Labute approximate surface area is 304 Å². The number of ketones is 2. The van der Waals surface area contributed by atoms with Crippen molar-refractivity contribution in [1.82, 2.24) is 0 Å². The molecule has 3 aliphatic carbocycles. The second kappa shape index (κ2) is 12.1. The Bertz CT molecular complexity index is 2470. The zero-order valence-corrected chi connectivity index (χ0v) is 28.3. The lowest BCUT2D eigenvalue weighted by Gasteiger charge is -2.55. The molecule has 5 aromatic carbocycles. The molecule has 9 rings (SSSR count). The maximum Gasteiger partial charge on any atom is 0.271 e. The van der Waals surface area contributed by atoms with Crippen LogP contribution >= 0.6 is 0 Å². The van der Waals surface area contributed by atoms with Crippen molar-refractivity contribution in [3.05, 3.63) is 166 Å². The normalized spacial score (nSPS) is 26.4. The number of non-ortho nitro benzene ring substituents is 1. The fraction of sp³-hybridized carbons (Fsp3) is 0.182. The fourth-order valence-electron chi connectivity index (χ4n) is 9.78. The Morgan fingerprint density at radius 3 is 2.19 bits per heavy atom. The maximum absolute atomic E-state index is 15.3. The molecule has 260 valence electrons. The third-order valence-corrected chi connectivity index (χ3v) is 11.9. The molecule has 5 aromatic rings. The van der Waals surface area contributed by atoms with Gasteiger partial charge in [-0.25, -0.2) is 4.90 Å². The van der Waals surface area contributed by atoms with Crippen molar-refractivity contribution in [2.24, 2.45) is 23.7 Å². The van der Waals surface area contributed by atoms with E-state index in [1.165, 1.54) is 30.3 Å². The van der Waals surface area contributed by atoms with Crippen molar-refractivity contribution in [1.29, 1.82) is 0 Å². The van der Waals surface area contributed by atoms with Crippen molar-refractivity contribution in [3.8, 4) is 5.75 Å². The molecule has 4 aliphatic rings. The van der Waals surface area contributed by atoms with E-state index in [4.69, 9.17) is 0 Å². The van der Waals surface area contributed by atoms with Crippen LogP contribution in [0, 0.1) is 33.8 Å². The van der Waals surface area contributed by atoms with Crippen LogP contribution < -0.4 is 4.90 Å². The summed E-state index contributed by atoms with van der Waals surface area (Å²) < 4.78 is 0. The van der Waals surface area contributed by atoms with E-state index in [1.54, 1.807) is 18.2 Å². The van der Waals surface area contributed by atoms with Crippen LogP contribution in [0.3, 0.4) is 0 Å². The number of rotatable bonds is 5. The minimum Gasteiger partial charge on any atom is -0.507 e. The molecule has 1 heterocycles. The van der Waals surface area contributed by atoms with E-state index in [9.17, 15) is 24.8 Å². The van der Waals surface area contributed by atoms with Gasteiger partial charge >= 0.3 is 0 Å². The number of phenolic OH excluding ortho intramolecular Hbond substituents is 1. The highest BCUT2D eigenvalue weighted by molar-refractivity contribution is 6.32. The van der Waals surface area contributed by atoms with Crippen molar-refractivity contribution in [2.75, 3.05) is 4.90 Å². The number of allylic oxidation sites excluding steroid dienone is 4. The Balaban J connectivity index is 1.30. The highest BCUT2D eigenvalue weighted by Gasteiger charge is 2.66. The van der Waals surface area contributed by atoms with E-state index in [2.05, 4.69) is 0 Å². The second-order valence-electron chi connectivity index (χ2n) is 14.3. The number of Topliss-reactive ketones (excluding diaryl/α,β-unsaturated/α-hetero) is 1. The number of carbonyl (C=O) groups excluding carboxylic acids is 4. The van der Waals surface area contributed by atoms with Crippen LogP contribution in [0.2, 0.25) is 0 Å². The molecule has 0 aromatic heterocycles. The van der Waals surface area contributed by atoms with Gasteiger partial charge in [-0.3, -0.25) is 29.3 Å². The number of nitro benzene ring substituents is 1. The number of amides is 2. The number of nitro groups is 1. The van der Waals surface area contributed by atoms with Crippen LogP contribution in [0.5, 0.6) is 5.75 Å². The summed E-state index contributed by atoms with van der Waals surface area (Å²) in [5.74, 6) is -5.22. The molecule has 1 saturated carbocycles. The maximum atomic E-state index is 15.3. The lowest BCUT2D eigenvalue weighted by atomic mass is 9.44. The predicted molar refractivity (Wildman–Crippen MR) is 198 cm³/mol. The van der Waals surface area contributed by atoms with Crippen molar-refractivity contribution in [3.63, 3.8) is 0 Å². The molecule has 1 aliphatic heterocycles. The van der Waals surface area contributed by atoms with Crippen LogP contribution in [-0.2, 0) is 24.6 Å². The molecule has 1 saturated heterocycles. The summed E-state index contributed by atoms with van der Waals surface area (Å²) in [6.07, 6.45) is 3.81. The van der Waals surface area contributed by atoms with Crippen molar-refractivity contribution in [2.45, 2.75) is 24.2 Å². The summed E-state index contributed by atoms with van der Waals surface area (Å²) >= 11 is 0. The number of phenols is 1. The molecule has 0 radical (unpaired) electrons. The third kappa shape index (κ3) is 4.63. The standard InChI is InChI=1S/C44H32N2O7/c47-37-21-20-31(29-16-7-8-17-30(29)37)40-32-18-19-33-39(43(51)45(42(33)50)27-14-9-15-28(22-27)46(52)53)35(32)23-36-41(49)34(25-10-3-1-4-11-25)24-38(48)44(36,40)26-12-5-2-6-13-26/h1-18,20-22,24,33,35-36,39-40,47H,19,23H2. The predicted octanol–water partition coefficient (Wildman–Crippen LogP) is 7.48. The molecule has 9 heteroatoms. The van der Waals surface area contributed by atoms with Crippen LogP contribution in [0.15, 0.2) is 139 Å². The largest absolute Gasteiger partial charge is 0.507 e. The van der Waals surface area contributed by atoms with Crippen LogP contribution in [0.25, 0.3) is 16.3 Å². The quantitative estimate of drug-likeness (QED) is 0.0869. The van der Waals surface area contributed by atoms with Gasteiger partial charge in [0.15, 0.2) is 11.6 Å². The van der Waals surface area contributed by atoms with Gasteiger partial charge in [0.2, 0.25) is 11.8 Å². The first-order chi connectivity index (χ1) is 25.7. The lowest BCUT2D eigenvalue weighted by molar-refractivity contribution is -0.384. The number of anilines is 1. The monoisotopic (exact) mass is 700 g/mol. The minimum atomic E-state index is -1.42. The van der Waals surface area contributed by atoms with Gasteiger partial charge in [0.25, 0.3) is 5.69 Å². The Kier molecular flexibility index (Phi) is 7.37. The topological polar surface area (TPSA) is 135 Å². The number of benzene rings is 5. The lowest BCUT2D eigenvalue weighted by Crippen LogP contribution is -2.58. The Morgan fingerprint density at radius 2 is 1.45 bits per heavy atom. The Morgan fingerprint density at radius 1 is 0.755 bits per heavy atom. The van der Waals surface area contributed by atoms with E-state index in [1.807, 2.05) is 84.9 Å². The highest BCUT2D eigenvalue weighted by atomic mass is 16.6. The number of hydrogen-bond acceptors (Lipinski definition) is 7. The third-order valence-electron chi connectivity index (χ3n) is 11.9. The smallest absolute Gasteiger partial charge is 0.271 e. The van der Waals surface area contributed by atoms with Crippen LogP contribution in [-0.4, -0.2) is 33.4 Å². The molecule has 9 nitrogen and oxygen atoms in total. The molecule has 6 atom stereocenters. The molecular weight excluding hydrogens is 668 g/mol. The summed E-state index contributed by atoms with van der Waals surface area (Å²) in [6, 6.07) is 34.7. The molecular formula is C44H32N2O7. The van der Waals surface area contributed by atoms with Gasteiger partial charge in [0, 0.05) is 34.9 Å². The van der Waals surface area contributed by atoms with Crippen molar-refractivity contribution >= 4 is 51.1 Å².